The molecular formula is C21H28N4O2. The molecule has 1 atom stereocenters. The number of hydrogen-bond acceptors (Lipinski definition) is 4. The lowest BCUT2D eigenvalue weighted by Crippen LogP contribution is -2.38. The summed E-state index contributed by atoms with van der Waals surface area (Å²) >= 11 is 0. The lowest BCUT2D eigenvalue weighted by atomic mass is 10.1. The molecule has 1 aromatic heterocycles. The van der Waals surface area contributed by atoms with Gasteiger partial charge in [-0.25, -0.2) is 4.79 Å². The molecule has 2 heterocycles. The van der Waals surface area contributed by atoms with Crippen molar-refractivity contribution in [2.24, 2.45) is 5.92 Å². The maximum absolute atomic E-state index is 12.4. The van der Waals surface area contributed by atoms with Gasteiger partial charge in [0.2, 0.25) is 0 Å². The van der Waals surface area contributed by atoms with E-state index in [0.717, 1.165) is 49.5 Å². The summed E-state index contributed by atoms with van der Waals surface area (Å²) in [6.07, 6.45) is 3.48. The average molecular weight is 368 g/mol. The Hall–Kier alpha value is -2.44. The summed E-state index contributed by atoms with van der Waals surface area (Å²) in [7, 11) is 2.08. The van der Waals surface area contributed by atoms with Gasteiger partial charge in [0.05, 0.1) is 13.2 Å². The zero-order chi connectivity index (χ0) is 18.9. The number of pyridine rings is 1. The highest BCUT2D eigenvalue weighted by atomic mass is 16.5. The first kappa shape index (κ1) is 19.3. The van der Waals surface area contributed by atoms with Gasteiger partial charge >= 0.3 is 6.03 Å². The summed E-state index contributed by atoms with van der Waals surface area (Å²) in [6.45, 7) is 3.91. The van der Waals surface area contributed by atoms with Crippen LogP contribution in [0.25, 0.3) is 0 Å². The Balaban J connectivity index is 1.51. The number of carbonyl (C=O) groups excluding carboxylic acids is 1. The number of para-hydroxylation sites is 1. The third-order valence-corrected chi connectivity index (χ3v) is 4.73. The molecule has 6 heteroatoms. The van der Waals surface area contributed by atoms with Crippen LogP contribution in [0.3, 0.4) is 0 Å². The lowest BCUT2D eigenvalue weighted by Gasteiger charge is -2.19. The van der Waals surface area contributed by atoms with Gasteiger partial charge in [-0.1, -0.05) is 24.3 Å². The van der Waals surface area contributed by atoms with Crippen LogP contribution < -0.4 is 10.6 Å². The van der Waals surface area contributed by atoms with Gasteiger partial charge in [-0.05, 0) is 43.7 Å². The normalized spacial score (nSPS) is 17.9. The van der Waals surface area contributed by atoms with E-state index in [1.54, 1.807) is 0 Å². The highest BCUT2D eigenvalue weighted by Crippen LogP contribution is 2.17. The minimum atomic E-state index is -0.174. The molecule has 27 heavy (non-hydrogen) atoms. The maximum Gasteiger partial charge on any atom is 0.319 e. The number of hydrogen-bond donors (Lipinski definition) is 2. The fraction of sp³-hybridized carbons (Fsp3) is 0.429. The molecule has 144 valence electrons. The van der Waals surface area contributed by atoms with E-state index in [2.05, 4.69) is 27.6 Å². The van der Waals surface area contributed by atoms with Crippen LogP contribution in [0.1, 0.15) is 11.3 Å². The second-order valence-electron chi connectivity index (χ2n) is 7.02. The molecule has 2 aromatic rings. The highest BCUT2D eigenvalue weighted by Gasteiger charge is 2.17. The van der Waals surface area contributed by atoms with Crippen molar-refractivity contribution in [1.29, 1.82) is 0 Å². The molecule has 0 aliphatic carbocycles. The summed E-state index contributed by atoms with van der Waals surface area (Å²) < 4.78 is 5.60. The van der Waals surface area contributed by atoms with E-state index in [-0.39, 0.29) is 6.03 Å². The average Bonchev–Trinajstić information content (AvgIpc) is 2.90. The van der Waals surface area contributed by atoms with E-state index in [9.17, 15) is 4.79 Å². The van der Waals surface area contributed by atoms with Gasteiger partial charge in [0.1, 0.15) is 0 Å². The van der Waals surface area contributed by atoms with Crippen LogP contribution in [0.2, 0.25) is 0 Å². The number of benzene rings is 1. The van der Waals surface area contributed by atoms with E-state index in [1.807, 2.05) is 48.7 Å². The summed E-state index contributed by atoms with van der Waals surface area (Å²) in [5.41, 5.74) is 3.00. The van der Waals surface area contributed by atoms with E-state index in [4.69, 9.17) is 4.74 Å². The zero-order valence-corrected chi connectivity index (χ0v) is 15.9. The predicted octanol–water partition coefficient (Wildman–Crippen LogP) is 2.57. The summed E-state index contributed by atoms with van der Waals surface area (Å²) in [4.78, 5) is 19.0. The molecule has 1 aliphatic rings. The third-order valence-electron chi connectivity index (χ3n) is 4.73. The molecule has 1 aliphatic heterocycles. The van der Waals surface area contributed by atoms with Gasteiger partial charge in [0.25, 0.3) is 0 Å². The number of likely N-dealkylation sites (N-methyl/N-ethyl adjacent to an activating group) is 1. The number of ether oxygens (including phenoxy) is 1. The second kappa shape index (κ2) is 10.0. The lowest BCUT2D eigenvalue weighted by molar-refractivity contribution is 0.122. The van der Waals surface area contributed by atoms with Crippen molar-refractivity contribution in [3.63, 3.8) is 0 Å². The van der Waals surface area contributed by atoms with Crippen molar-refractivity contribution in [2.45, 2.75) is 12.8 Å². The summed E-state index contributed by atoms with van der Waals surface area (Å²) in [5.74, 6) is 0.308. The van der Waals surface area contributed by atoms with Gasteiger partial charge in [0, 0.05) is 43.1 Å². The first-order valence-corrected chi connectivity index (χ1v) is 9.49. The standard InChI is InChI=1S/C21H28N4O2/c1-25-12-13-27-16-17(15-25)14-23-21(26)24-20-8-3-2-6-18(20)9-10-19-7-4-5-11-22-19/h2-8,11,17H,9-10,12-16H2,1H3,(H2,23,24,26)/t17-/m0/s1. The molecule has 1 fully saturated rings. The number of amides is 2. The van der Waals surface area contributed by atoms with Crippen molar-refractivity contribution in [3.8, 4) is 0 Å². The van der Waals surface area contributed by atoms with E-state index < -0.39 is 0 Å². The molecule has 0 bridgehead atoms. The summed E-state index contributed by atoms with van der Waals surface area (Å²) in [6, 6.07) is 13.7. The van der Waals surface area contributed by atoms with Crippen molar-refractivity contribution >= 4 is 11.7 Å². The highest BCUT2D eigenvalue weighted by molar-refractivity contribution is 5.90. The minimum absolute atomic E-state index is 0.174. The molecule has 6 nitrogen and oxygen atoms in total. The van der Waals surface area contributed by atoms with Gasteiger partial charge in [-0.15, -0.1) is 0 Å². The van der Waals surface area contributed by atoms with Crippen LogP contribution in [0, 0.1) is 5.92 Å². The molecule has 2 amide bonds. The number of rotatable bonds is 6. The Labute approximate surface area is 160 Å². The second-order valence-corrected chi connectivity index (χ2v) is 7.02. The fourth-order valence-electron chi connectivity index (χ4n) is 3.25. The number of nitrogens with one attached hydrogen (secondary N) is 2. The molecule has 0 unspecified atom stereocenters. The molecule has 0 spiro atoms. The quantitative estimate of drug-likeness (QED) is 0.822. The van der Waals surface area contributed by atoms with Crippen LogP contribution >= 0.6 is 0 Å². The Morgan fingerprint density at radius 2 is 2.07 bits per heavy atom. The van der Waals surface area contributed by atoms with Crippen molar-refractivity contribution in [1.82, 2.24) is 15.2 Å². The molecule has 1 aromatic carbocycles. The Morgan fingerprint density at radius 1 is 1.22 bits per heavy atom. The topological polar surface area (TPSA) is 66.5 Å². The van der Waals surface area contributed by atoms with E-state index in [0.29, 0.717) is 19.1 Å². The Kier molecular flexibility index (Phi) is 7.19. The predicted molar refractivity (Wildman–Crippen MR) is 107 cm³/mol. The fourth-order valence-corrected chi connectivity index (χ4v) is 3.25. The molecule has 1 saturated heterocycles. The third kappa shape index (κ3) is 6.34. The number of aryl methyl sites for hydroxylation is 2. The van der Waals surface area contributed by atoms with Crippen molar-refractivity contribution in [2.75, 3.05) is 45.2 Å². The largest absolute Gasteiger partial charge is 0.380 e. The van der Waals surface area contributed by atoms with Crippen LogP contribution in [-0.2, 0) is 17.6 Å². The molecule has 0 radical (unpaired) electrons. The van der Waals surface area contributed by atoms with Gasteiger partial charge in [0.15, 0.2) is 0 Å². The van der Waals surface area contributed by atoms with E-state index >= 15 is 0 Å². The molecule has 0 saturated carbocycles. The first-order chi connectivity index (χ1) is 13.2. The smallest absolute Gasteiger partial charge is 0.319 e. The SMILES string of the molecule is CN1CCOC[C@@H](CNC(=O)Nc2ccccc2CCc2ccccn2)C1. The number of anilines is 1. The van der Waals surface area contributed by atoms with E-state index in [1.165, 1.54) is 0 Å². The monoisotopic (exact) mass is 368 g/mol. The number of carbonyl (C=O) groups is 1. The molecular weight excluding hydrogens is 340 g/mol. The Morgan fingerprint density at radius 3 is 2.93 bits per heavy atom. The van der Waals surface area contributed by atoms with Crippen molar-refractivity contribution in [3.05, 3.63) is 59.9 Å². The van der Waals surface area contributed by atoms with Gasteiger partial charge < -0.3 is 20.3 Å². The van der Waals surface area contributed by atoms with Crippen LogP contribution in [0.4, 0.5) is 10.5 Å². The summed E-state index contributed by atoms with van der Waals surface area (Å²) in [5, 5.41) is 5.97. The zero-order valence-electron chi connectivity index (χ0n) is 15.9. The maximum atomic E-state index is 12.4. The Bertz CT molecular complexity index is 723. The van der Waals surface area contributed by atoms with Crippen LogP contribution in [0.15, 0.2) is 48.7 Å². The van der Waals surface area contributed by atoms with Crippen molar-refractivity contribution < 1.29 is 9.53 Å². The van der Waals surface area contributed by atoms with Crippen LogP contribution in [-0.4, -0.2) is 55.8 Å². The number of aromatic nitrogens is 1. The van der Waals surface area contributed by atoms with Gasteiger partial charge in [-0.2, -0.15) is 0 Å². The number of urea groups is 1. The first-order valence-electron chi connectivity index (χ1n) is 9.49. The number of nitrogens with zero attached hydrogens (tertiary/aromatic N) is 2. The minimum Gasteiger partial charge on any atom is -0.380 e. The molecule has 2 N–H and O–H groups in total. The van der Waals surface area contributed by atoms with Gasteiger partial charge in [-0.3, -0.25) is 4.98 Å². The molecule has 3 rings (SSSR count). The van der Waals surface area contributed by atoms with Crippen LogP contribution in [0.5, 0.6) is 0 Å².